The first kappa shape index (κ1) is 19.0. The molecule has 0 saturated carbocycles. The van der Waals surface area contributed by atoms with E-state index in [2.05, 4.69) is 121 Å². The number of rotatable bonds is 4. The normalized spacial score (nSPS) is 10.7. The van der Waals surface area contributed by atoms with Gasteiger partial charge in [-0.1, -0.05) is 97.1 Å². The van der Waals surface area contributed by atoms with Gasteiger partial charge in [0.25, 0.3) is 0 Å². The highest BCUT2D eigenvalue weighted by Gasteiger charge is 2.11. The van der Waals surface area contributed by atoms with Crippen LogP contribution in [0.25, 0.3) is 44.5 Å². The third-order valence-corrected chi connectivity index (χ3v) is 5.78. The fraction of sp³-hybridized carbons (Fsp3) is 0.0333. The summed E-state index contributed by atoms with van der Waals surface area (Å²) in [5.41, 5.74) is 10.8. The van der Waals surface area contributed by atoms with Gasteiger partial charge >= 0.3 is 0 Å². The van der Waals surface area contributed by atoms with Crippen molar-refractivity contribution in [3.63, 3.8) is 0 Å². The van der Waals surface area contributed by atoms with Crippen molar-refractivity contribution in [3.8, 4) is 44.5 Å². The first-order valence-electron chi connectivity index (χ1n) is 10.6. The number of nitrogens with zero attached hydrogens (tertiary/aromatic N) is 1. The van der Waals surface area contributed by atoms with Gasteiger partial charge in [-0.15, -0.1) is 0 Å². The van der Waals surface area contributed by atoms with E-state index in [9.17, 15) is 0 Å². The highest BCUT2D eigenvalue weighted by molar-refractivity contribution is 5.81. The van der Waals surface area contributed by atoms with Crippen LogP contribution in [0.3, 0.4) is 0 Å². The molecule has 31 heavy (non-hydrogen) atoms. The molecule has 0 saturated heterocycles. The van der Waals surface area contributed by atoms with Crippen LogP contribution in [-0.4, -0.2) is 4.98 Å². The van der Waals surface area contributed by atoms with E-state index in [4.69, 9.17) is 0 Å². The Bertz CT molecular complexity index is 1220. The zero-order valence-electron chi connectivity index (χ0n) is 17.5. The molecule has 1 heteroatoms. The van der Waals surface area contributed by atoms with Crippen LogP contribution in [-0.2, 0) is 0 Å². The minimum atomic E-state index is 1.17. The van der Waals surface area contributed by atoms with Gasteiger partial charge in [-0.05, 0) is 58.0 Å². The molecule has 0 bridgehead atoms. The van der Waals surface area contributed by atoms with Crippen LogP contribution in [0.15, 0.2) is 122 Å². The average molecular weight is 398 g/mol. The fourth-order valence-corrected chi connectivity index (χ4v) is 4.10. The molecule has 0 spiro atoms. The third kappa shape index (κ3) is 3.91. The van der Waals surface area contributed by atoms with E-state index in [1.54, 1.807) is 0 Å². The molecule has 0 aliphatic heterocycles. The van der Waals surface area contributed by atoms with Crippen LogP contribution in [0.2, 0.25) is 0 Å². The maximum absolute atomic E-state index is 4.60. The number of pyridine rings is 1. The lowest BCUT2D eigenvalue weighted by Crippen LogP contribution is -1.92. The van der Waals surface area contributed by atoms with Crippen LogP contribution < -0.4 is 0 Å². The Kier molecular flexibility index (Phi) is 5.16. The largest absolute Gasteiger partial charge is 0.263 e. The molecule has 0 unspecified atom stereocenters. The Morgan fingerprint density at radius 1 is 0.419 bits per heavy atom. The van der Waals surface area contributed by atoms with Crippen molar-refractivity contribution in [2.24, 2.45) is 0 Å². The lowest BCUT2D eigenvalue weighted by Gasteiger charge is -2.13. The van der Waals surface area contributed by atoms with Gasteiger partial charge in [-0.2, -0.15) is 0 Å². The van der Waals surface area contributed by atoms with E-state index in [0.29, 0.717) is 0 Å². The highest BCUT2D eigenvalue weighted by atomic mass is 14.6. The molecule has 0 aliphatic carbocycles. The molecule has 4 aromatic carbocycles. The minimum absolute atomic E-state index is 1.17. The van der Waals surface area contributed by atoms with Gasteiger partial charge in [-0.25, -0.2) is 0 Å². The molecule has 1 heterocycles. The summed E-state index contributed by atoms with van der Waals surface area (Å²) in [6, 6.07) is 38.4. The maximum atomic E-state index is 4.60. The van der Waals surface area contributed by atoms with Crippen molar-refractivity contribution in [1.29, 1.82) is 0 Å². The molecule has 1 aromatic heterocycles. The smallest absolute Gasteiger partial charge is 0.0349 e. The van der Waals surface area contributed by atoms with Gasteiger partial charge in [0.05, 0.1) is 0 Å². The number of benzene rings is 4. The Labute approximate surface area is 183 Å². The Balaban J connectivity index is 1.57. The van der Waals surface area contributed by atoms with Crippen LogP contribution in [0, 0.1) is 6.92 Å². The van der Waals surface area contributed by atoms with Crippen molar-refractivity contribution >= 4 is 0 Å². The van der Waals surface area contributed by atoms with Crippen LogP contribution in [0.5, 0.6) is 0 Å². The number of hydrogen-bond donors (Lipinski definition) is 0. The predicted octanol–water partition coefficient (Wildman–Crippen LogP) is 8.06. The van der Waals surface area contributed by atoms with E-state index in [1.165, 1.54) is 50.1 Å². The van der Waals surface area contributed by atoms with Crippen molar-refractivity contribution in [2.75, 3.05) is 0 Å². The Hall–Kier alpha value is -3.97. The van der Waals surface area contributed by atoms with Gasteiger partial charge in [0, 0.05) is 23.5 Å². The average Bonchev–Trinajstić information content (AvgIpc) is 2.85. The molecule has 0 N–H and O–H groups in total. The SMILES string of the molecule is Cc1c(-c2cccc(-c3ccccc3)c2)cncc1-c1cccc(-c2ccccc2)c1. The summed E-state index contributed by atoms with van der Waals surface area (Å²) >= 11 is 0. The standard InChI is InChI=1S/C30H23N/c1-22-29(27-16-8-14-25(18-27)23-10-4-2-5-11-23)20-31-21-30(22)28-17-9-15-26(19-28)24-12-6-3-7-13-24/h2-21H,1H3. The zero-order chi connectivity index (χ0) is 21.0. The number of hydrogen-bond acceptors (Lipinski definition) is 1. The van der Waals surface area contributed by atoms with E-state index in [0.717, 1.165) is 0 Å². The quantitative estimate of drug-likeness (QED) is 0.299. The summed E-state index contributed by atoms with van der Waals surface area (Å²) in [6.07, 6.45) is 3.95. The van der Waals surface area contributed by atoms with Crippen molar-refractivity contribution in [3.05, 3.63) is 127 Å². The molecule has 0 amide bonds. The summed E-state index contributed by atoms with van der Waals surface area (Å²) < 4.78 is 0. The fourth-order valence-electron chi connectivity index (χ4n) is 4.10. The van der Waals surface area contributed by atoms with Gasteiger partial charge in [0.1, 0.15) is 0 Å². The van der Waals surface area contributed by atoms with E-state index in [1.807, 2.05) is 12.4 Å². The predicted molar refractivity (Wildman–Crippen MR) is 131 cm³/mol. The van der Waals surface area contributed by atoms with Crippen molar-refractivity contribution < 1.29 is 0 Å². The Morgan fingerprint density at radius 3 is 1.26 bits per heavy atom. The van der Waals surface area contributed by atoms with E-state index >= 15 is 0 Å². The van der Waals surface area contributed by atoms with E-state index < -0.39 is 0 Å². The highest BCUT2D eigenvalue weighted by Crippen LogP contribution is 2.34. The molecular weight excluding hydrogens is 374 g/mol. The maximum Gasteiger partial charge on any atom is 0.0349 e. The van der Waals surface area contributed by atoms with Crippen LogP contribution >= 0.6 is 0 Å². The summed E-state index contributed by atoms with van der Waals surface area (Å²) in [5.74, 6) is 0. The van der Waals surface area contributed by atoms with Crippen LogP contribution in [0.1, 0.15) is 5.56 Å². The van der Waals surface area contributed by atoms with Crippen LogP contribution in [0.4, 0.5) is 0 Å². The second kappa shape index (κ2) is 8.41. The monoisotopic (exact) mass is 397 g/mol. The molecule has 148 valence electrons. The first-order chi connectivity index (χ1) is 15.3. The molecule has 1 nitrogen and oxygen atoms in total. The van der Waals surface area contributed by atoms with Crippen molar-refractivity contribution in [1.82, 2.24) is 4.98 Å². The van der Waals surface area contributed by atoms with Gasteiger partial charge in [-0.3, -0.25) is 4.98 Å². The third-order valence-electron chi connectivity index (χ3n) is 5.78. The van der Waals surface area contributed by atoms with Gasteiger partial charge in [0.15, 0.2) is 0 Å². The number of aromatic nitrogens is 1. The molecule has 5 aromatic rings. The molecule has 0 aliphatic rings. The first-order valence-corrected chi connectivity index (χ1v) is 10.6. The van der Waals surface area contributed by atoms with Gasteiger partial charge < -0.3 is 0 Å². The lowest BCUT2D eigenvalue weighted by atomic mass is 9.92. The van der Waals surface area contributed by atoms with Crippen molar-refractivity contribution in [2.45, 2.75) is 6.92 Å². The molecule has 0 radical (unpaired) electrons. The zero-order valence-corrected chi connectivity index (χ0v) is 17.5. The summed E-state index contributed by atoms with van der Waals surface area (Å²) in [5, 5.41) is 0. The second-order valence-corrected chi connectivity index (χ2v) is 7.75. The van der Waals surface area contributed by atoms with Gasteiger partial charge in [0.2, 0.25) is 0 Å². The molecule has 0 fully saturated rings. The lowest BCUT2D eigenvalue weighted by molar-refractivity contribution is 1.29. The topological polar surface area (TPSA) is 12.9 Å². The molecule has 0 atom stereocenters. The Morgan fingerprint density at radius 2 is 0.806 bits per heavy atom. The van der Waals surface area contributed by atoms with E-state index in [-0.39, 0.29) is 0 Å². The summed E-state index contributed by atoms with van der Waals surface area (Å²) in [4.78, 5) is 4.60. The summed E-state index contributed by atoms with van der Waals surface area (Å²) in [7, 11) is 0. The molecule has 5 rings (SSSR count). The summed E-state index contributed by atoms with van der Waals surface area (Å²) in [6.45, 7) is 2.19. The minimum Gasteiger partial charge on any atom is -0.263 e. The molecular formula is C30H23N. The second-order valence-electron chi connectivity index (χ2n) is 7.75.